The van der Waals surface area contributed by atoms with Crippen molar-refractivity contribution in [2.75, 3.05) is 46.6 Å². The molecule has 0 bridgehead atoms. The van der Waals surface area contributed by atoms with Crippen LogP contribution in [0.3, 0.4) is 0 Å². The van der Waals surface area contributed by atoms with Crippen LogP contribution in [0.5, 0.6) is 11.5 Å². The molecule has 0 aliphatic rings. The molecule has 0 aliphatic heterocycles. The van der Waals surface area contributed by atoms with Crippen LogP contribution < -0.4 is 14.8 Å². The molecule has 0 aliphatic carbocycles. The molecule has 27 heavy (non-hydrogen) atoms. The minimum Gasteiger partial charge on any atom is -0.493 e. The highest BCUT2D eigenvalue weighted by Crippen LogP contribution is 2.34. The number of nitrogens with one attached hydrogen (secondary N) is 1. The second-order valence-electron chi connectivity index (χ2n) is 5.25. The second-order valence-corrected chi connectivity index (χ2v) is 6.02. The van der Waals surface area contributed by atoms with Crippen molar-refractivity contribution < 1.29 is 18.9 Å². The fraction of sp³-hybridized carbons (Fsp3) is 0.389. The largest absolute Gasteiger partial charge is 0.493 e. The summed E-state index contributed by atoms with van der Waals surface area (Å²) in [5.74, 6) is 1.57. The van der Waals surface area contributed by atoms with E-state index in [4.69, 9.17) is 18.9 Å². The predicted octanol–water partition coefficient (Wildman–Crippen LogP) is 2.79. The molecule has 1 heterocycles. The number of hydrogen-bond acceptors (Lipinski definition) is 9. The lowest BCUT2D eigenvalue weighted by Gasteiger charge is -2.17. The molecule has 144 valence electrons. The molecular weight excluding hydrogens is 368 g/mol. The van der Waals surface area contributed by atoms with Crippen molar-refractivity contribution in [2.45, 2.75) is 11.4 Å². The minimum atomic E-state index is -0.464. The lowest BCUT2D eigenvalue weighted by molar-refractivity contribution is -0.0914. The molecule has 0 spiro atoms. The summed E-state index contributed by atoms with van der Waals surface area (Å²) in [4.78, 5) is 8.94. The molecule has 2 rings (SSSR count). The van der Waals surface area contributed by atoms with Gasteiger partial charge in [-0.3, -0.25) is 0 Å². The van der Waals surface area contributed by atoms with E-state index < -0.39 is 6.29 Å². The van der Waals surface area contributed by atoms with Crippen molar-refractivity contribution in [1.82, 2.24) is 9.97 Å². The number of ether oxygens (including phenoxy) is 4. The Labute approximate surface area is 162 Å². The van der Waals surface area contributed by atoms with Gasteiger partial charge in [-0.15, -0.1) is 0 Å². The number of anilines is 1. The molecule has 0 atom stereocenters. The molecule has 8 nitrogen and oxygen atoms in total. The molecule has 0 unspecified atom stereocenters. The second kappa shape index (κ2) is 9.97. The third kappa shape index (κ3) is 4.80. The average Bonchev–Trinajstić information content (AvgIpc) is 2.73. The van der Waals surface area contributed by atoms with E-state index in [1.807, 2.05) is 12.3 Å². The number of aromatic nitrogens is 2. The predicted molar refractivity (Wildman–Crippen MR) is 103 cm³/mol. The fourth-order valence-electron chi connectivity index (χ4n) is 2.40. The van der Waals surface area contributed by atoms with Gasteiger partial charge >= 0.3 is 0 Å². The maximum Gasteiger partial charge on any atom is 0.189 e. The van der Waals surface area contributed by atoms with Gasteiger partial charge in [-0.1, -0.05) is 11.8 Å². The molecule has 9 heteroatoms. The highest BCUT2D eigenvalue weighted by Gasteiger charge is 2.18. The number of thioether (sulfide) groups is 1. The van der Waals surface area contributed by atoms with E-state index in [1.54, 1.807) is 40.6 Å². The molecular formula is C18H22N4O4S. The zero-order valence-corrected chi connectivity index (χ0v) is 16.7. The number of methoxy groups -OCH3 is 4. The Balaban J connectivity index is 2.53. The summed E-state index contributed by atoms with van der Waals surface area (Å²) in [7, 11) is 6.22. The summed E-state index contributed by atoms with van der Waals surface area (Å²) in [6.45, 7) is 0.331. The number of nitrogens with zero attached hydrogens (tertiary/aromatic N) is 3. The van der Waals surface area contributed by atoms with Gasteiger partial charge in [0.1, 0.15) is 17.5 Å². The van der Waals surface area contributed by atoms with Gasteiger partial charge in [0.05, 0.1) is 26.5 Å². The summed E-state index contributed by atoms with van der Waals surface area (Å²) in [5, 5.41) is 13.4. The summed E-state index contributed by atoms with van der Waals surface area (Å²) in [6.07, 6.45) is 1.41. The lowest BCUT2D eigenvalue weighted by atomic mass is 10.1. The summed E-state index contributed by atoms with van der Waals surface area (Å²) < 4.78 is 21.0. The molecule has 0 radical (unpaired) electrons. The molecule has 0 amide bonds. The zero-order chi connectivity index (χ0) is 19.8. The van der Waals surface area contributed by atoms with Crippen LogP contribution in [-0.2, 0) is 9.47 Å². The van der Waals surface area contributed by atoms with Gasteiger partial charge in [0, 0.05) is 19.8 Å². The Kier molecular flexibility index (Phi) is 7.67. The molecule has 0 fully saturated rings. The first-order chi connectivity index (χ1) is 13.1. The van der Waals surface area contributed by atoms with Gasteiger partial charge in [0.25, 0.3) is 0 Å². The fourth-order valence-corrected chi connectivity index (χ4v) is 2.77. The van der Waals surface area contributed by atoms with E-state index >= 15 is 0 Å². The molecule has 1 N–H and O–H groups in total. The number of hydrogen-bond donors (Lipinski definition) is 1. The Morgan fingerprint density at radius 3 is 2.37 bits per heavy atom. The van der Waals surface area contributed by atoms with E-state index in [9.17, 15) is 5.26 Å². The summed E-state index contributed by atoms with van der Waals surface area (Å²) >= 11 is 1.38. The van der Waals surface area contributed by atoms with Crippen LogP contribution >= 0.6 is 11.8 Å². The van der Waals surface area contributed by atoms with E-state index in [0.717, 1.165) is 5.56 Å². The highest BCUT2D eigenvalue weighted by atomic mass is 32.2. The zero-order valence-electron chi connectivity index (χ0n) is 15.9. The van der Waals surface area contributed by atoms with Gasteiger partial charge in [-0.05, 0) is 24.5 Å². The summed E-state index contributed by atoms with van der Waals surface area (Å²) in [6, 6.07) is 7.57. The topological polar surface area (TPSA) is 98.5 Å². The lowest BCUT2D eigenvalue weighted by Crippen LogP contribution is -2.24. The van der Waals surface area contributed by atoms with E-state index in [0.29, 0.717) is 40.3 Å². The van der Waals surface area contributed by atoms with Crippen LogP contribution in [-0.4, -0.2) is 57.5 Å². The van der Waals surface area contributed by atoms with Crippen molar-refractivity contribution in [3.05, 3.63) is 23.8 Å². The van der Waals surface area contributed by atoms with Gasteiger partial charge < -0.3 is 24.3 Å². The molecule has 2 aromatic rings. The molecule has 1 aromatic carbocycles. The number of rotatable bonds is 9. The number of benzene rings is 1. The van der Waals surface area contributed by atoms with E-state index in [1.165, 1.54) is 11.8 Å². The smallest absolute Gasteiger partial charge is 0.189 e. The maximum atomic E-state index is 9.74. The molecule has 0 saturated heterocycles. The van der Waals surface area contributed by atoms with Crippen molar-refractivity contribution in [2.24, 2.45) is 0 Å². The van der Waals surface area contributed by atoms with Crippen molar-refractivity contribution in [3.8, 4) is 28.8 Å². The third-order valence-corrected chi connectivity index (χ3v) is 4.35. The van der Waals surface area contributed by atoms with Crippen molar-refractivity contribution in [1.29, 1.82) is 5.26 Å². The normalized spacial score (nSPS) is 10.6. The Bertz CT molecular complexity index is 822. The first-order valence-electron chi connectivity index (χ1n) is 7.99. The van der Waals surface area contributed by atoms with E-state index in [2.05, 4.69) is 21.4 Å². The Hall–Kier alpha value is -2.54. The van der Waals surface area contributed by atoms with Crippen LogP contribution in [0.1, 0.15) is 5.56 Å². The summed E-state index contributed by atoms with van der Waals surface area (Å²) in [5.41, 5.74) is 1.55. The van der Waals surface area contributed by atoms with Crippen LogP contribution in [0.25, 0.3) is 11.3 Å². The van der Waals surface area contributed by atoms with Crippen LogP contribution in [0.15, 0.2) is 23.4 Å². The Morgan fingerprint density at radius 2 is 1.81 bits per heavy atom. The highest BCUT2D eigenvalue weighted by molar-refractivity contribution is 7.98. The quantitative estimate of drug-likeness (QED) is 0.393. The van der Waals surface area contributed by atoms with Gasteiger partial charge in [-0.2, -0.15) is 5.26 Å². The molecule has 0 saturated carbocycles. The maximum absolute atomic E-state index is 9.74. The van der Waals surface area contributed by atoms with Crippen molar-refractivity contribution >= 4 is 17.6 Å². The SMILES string of the molecule is COc1ccc(-c2nc(SC)nc(NCC(OC)OC)c2C#N)cc1OC. The first-order valence-corrected chi connectivity index (χ1v) is 9.22. The minimum absolute atomic E-state index is 0.325. The van der Waals surface area contributed by atoms with Gasteiger partial charge in [0.2, 0.25) is 0 Å². The Morgan fingerprint density at radius 1 is 1.11 bits per heavy atom. The molecule has 1 aromatic heterocycles. The van der Waals surface area contributed by atoms with Crippen molar-refractivity contribution in [3.63, 3.8) is 0 Å². The van der Waals surface area contributed by atoms with Gasteiger partial charge in [-0.25, -0.2) is 9.97 Å². The van der Waals surface area contributed by atoms with Crippen LogP contribution in [0, 0.1) is 11.3 Å². The van der Waals surface area contributed by atoms with Gasteiger partial charge in [0.15, 0.2) is 22.9 Å². The standard InChI is InChI=1S/C18H22N4O4S/c1-23-13-7-6-11(8-14(13)24-2)16-12(9-19)17(22-18(21-16)27-5)20-10-15(25-3)26-4/h6-8,15H,10H2,1-5H3,(H,20,21,22). The van der Waals surface area contributed by atoms with Crippen LogP contribution in [0.4, 0.5) is 5.82 Å². The number of nitriles is 1. The van der Waals surface area contributed by atoms with Crippen LogP contribution in [0.2, 0.25) is 0 Å². The monoisotopic (exact) mass is 390 g/mol. The third-order valence-electron chi connectivity index (χ3n) is 3.80. The van der Waals surface area contributed by atoms with E-state index in [-0.39, 0.29) is 0 Å². The average molecular weight is 390 g/mol. The first kappa shape index (κ1) is 20.8.